The molecule has 3 atom stereocenters. The Morgan fingerprint density at radius 1 is 1.16 bits per heavy atom. The summed E-state index contributed by atoms with van der Waals surface area (Å²) in [6.45, 7) is 8.15. The Balaban J connectivity index is 1.61. The van der Waals surface area contributed by atoms with Crippen LogP contribution in [0, 0.1) is 31.1 Å². The lowest BCUT2D eigenvalue weighted by Gasteiger charge is -2.19. The lowest BCUT2D eigenvalue weighted by Crippen LogP contribution is -2.37. The zero-order chi connectivity index (χ0) is 31.8. The van der Waals surface area contributed by atoms with E-state index in [9.17, 15) is 19.6 Å². The number of imide groups is 1. The first-order valence-electron chi connectivity index (χ1n) is 14.8. The molecule has 1 aliphatic carbocycles. The van der Waals surface area contributed by atoms with Crippen molar-refractivity contribution < 1.29 is 19.1 Å². The van der Waals surface area contributed by atoms with Gasteiger partial charge in [-0.1, -0.05) is 31.9 Å². The van der Waals surface area contributed by atoms with E-state index in [1.54, 1.807) is 24.8 Å². The number of azo groups is 1. The number of rotatable bonds is 10. The number of carbonyl (C=O) groups excluding carboxylic acids is 2. The van der Waals surface area contributed by atoms with E-state index < -0.39 is 18.0 Å². The topological polar surface area (TPSA) is 148 Å². The van der Waals surface area contributed by atoms with E-state index in [0.717, 1.165) is 58.5 Å². The van der Waals surface area contributed by atoms with Crippen molar-refractivity contribution in [3.63, 3.8) is 0 Å². The molecule has 0 aliphatic heterocycles. The van der Waals surface area contributed by atoms with Gasteiger partial charge in [0.25, 0.3) is 11.5 Å². The summed E-state index contributed by atoms with van der Waals surface area (Å²) in [5.74, 6) is 0.464. The highest BCUT2D eigenvalue weighted by molar-refractivity contribution is 5.96. The molecule has 0 saturated heterocycles. The zero-order valence-corrected chi connectivity index (χ0v) is 25.8. The molecule has 1 aromatic heterocycles. The van der Waals surface area contributed by atoms with Crippen LogP contribution >= 0.6 is 0 Å². The van der Waals surface area contributed by atoms with Gasteiger partial charge in [0.15, 0.2) is 0 Å². The number of hydrogen-bond donors (Lipinski definition) is 1. The van der Waals surface area contributed by atoms with Crippen molar-refractivity contribution in [1.82, 2.24) is 15.1 Å². The molecule has 1 fully saturated rings. The number of ether oxygens (including phenoxy) is 2. The van der Waals surface area contributed by atoms with E-state index in [1.807, 2.05) is 61.6 Å². The van der Waals surface area contributed by atoms with Crippen LogP contribution in [-0.4, -0.2) is 41.5 Å². The molecule has 1 aliphatic rings. The fourth-order valence-corrected chi connectivity index (χ4v) is 5.68. The van der Waals surface area contributed by atoms with Gasteiger partial charge in [0, 0.05) is 12.0 Å². The number of alkyl carbamates (subject to hydrolysis) is 1. The van der Waals surface area contributed by atoms with Gasteiger partial charge in [-0.2, -0.15) is 20.6 Å². The molecule has 2 amide bonds. The summed E-state index contributed by atoms with van der Waals surface area (Å²) in [5.41, 5.74) is 5.87. The molecule has 0 spiro atoms. The summed E-state index contributed by atoms with van der Waals surface area (Å²) in [5, 5.41) is 24.1. The van der Waals surface area contributed by atoms with Crippen molar-refractivity contribution in [2.45, 2.75) is 71.9 Å². The highest BCUT2D eigenvalue weighted by atomic mass is 16.5. The number of amides is 2. The summed E-state index contributed by atoms with van der Waals surface area (Å²) >= 11 is 0. The zero-order valence-electron chi connectivity index (χ0n) is 25.8. The van der Waals surface area contributed by atoms with Crippen LogP contribution in [0.15, 0.2) is 57.5 Å². The van der Waals surface area contributed by atoms with Crippen LogP contribution in [-0.2, 0) is 22.5 Å². The van der Waals surface area contributed by atoms with E-state index in [-0.39, 0.29) is 18.1 Å². The highest BCUT2D eigenvalue weighted by Gasteiger charge is 2.28. The average molecular weight is 599 g/mol. The van der Waals surface area contributed by atoms with Crippen molar-refractivity contribution in [3.8, 4) is 11.8 Å². The number of aromatic nitrogens is 2. The molecule has 1 saturated carbocycles. The van der Waals surface area contributed by atoms with Crippen molar-refractivity contribution in [2.75, 3.05) is 13.7 Å². The molecule has 2 aromatic carbocycles. The SMILES string of the molecule is CCOC(=O)NC(=O)C(C#N)N=Nc1cc(C)c(Cc2cc(C3CCCC3C)c(=O)n(Cc3ccc(OC)cc3)n2)c(C)c1. The average Bonchev–Trinajstić information content (AvgIpc) is 3.42. The van der Waals surface area contributed by atoms with E-state index in [1.165, 1.54) is 0 Å². The molecule has 3 unspecified atom stereocenters. The summed E-state index contributed by atoms with van der Waals surface area (Å²) in [6, 6.07) is 13.5. The molecule has 44 heavy (non-hydrogen) atoms. The van der Waals surface area contributed by atoms with E-state index in [0.29, 0.717) is 24.6 Å². The van der Waals surface area contributed by atoms with Crippen LogP contribution < -0.4 is 15.6 Å². The molecule has 230 valence electrons. The maximum Gasteiger partial charge on any atom is 0.413 e. The maximum atomic E-state index is 13.7. The molecule has 3 aromatic rings. The van der Waals surface area contributed by atoms with Crippen LogP contribution in [0.4, 0.5) is 10.5 Å². The van der Waals surface area contributed by atoms with Crippen molar-refractivity contribution in [2.24, 2.45) is 16.1 Å². The van der Waals surface area contributed by atoms with Gasteiger partial charge in [0.1, 0.15) is 11.8 Å². The second-order valence-corrected chi connectivity index (χ2v) is 11.1. The molecule has 11 nitrogen and oxygen atoms in total. The Bertz CT molecular complexity index is 1620. The standard InChI is InChI=1S/C33H38N6O5/c1-6-44-33(42)35-31(40)30(18-34)37-36-24-14-21(3)28(22(4)15-24)16-25-17-29(27-9-7-8-20(27)2)32(41)39(38-25)19-23-10-12-26(43-5)13-11-23/h10-15,17,20,27,30H,6-9,16,19H2,1-5H3,(H,35,40,42). The normalized spacial score (nSPS) is 16.8. The second-order valence-electron chi connectivity index (χ2n) is 11.1. The van der Waals surface area contributed by atoms with Gasteiger partial charge in [-0.3, -0.25) is 14.9 Å². The summed E-state index contributed by atoms with van der Waals surface area (Å²) in [4.78, 5) is 37.4. The minimum Gasteiger partial charge on any atom is -0.497 e. The monoisotopic (exact) mass is 598 g/mol. The van der Waals surface area contributed by atoms with Crippen molar-refractivity contribution in [3.05, 3.63) is 86.3 Å². The molecule has 1 N–H and O–H groups in total. The van der Waals surface area contributed by atoms with Gasteiger partial charge in [-0.05, 0) is 91.6 Å². The predicted octanol–water partition coefficient (Wildman–Crippen LogP) is 5.66. The smallest absolute Gasteiger partial charge is 0.413 e. The number of nitrogens with zero attached hydrogens (tertiary/aromatic N) is 5. The third-order valence-corrected chi connectivity index (χ3v) is 8.00. The van der Waals surface area contributed by atoms with E-state index >= 15 is 0 Å². The summed E-state index contributed by atoms with van der Waals surface area (Å²) in [7, 11) is 1.62. The summed E-state index contributed by atoms with van der Waals surface area (Å²) in [6.07, 6.45) is 2.76. The van der Waals surface area contributed by atoms with Gasteiger partial charge in [-0.25, -0.2) is 9.48 Å². The van der Waals surface area contributed by atoms with Crippen LogP contribution in [0.3, 0.4) is 0 Å². The minimum atomic E-state index is -1.51. The largest absolute Gasteiger partial charge is 0.497 e. The first-order chi connectivity index (χ1) is 21.1. The molecule has 0 bridgehead atoms. The van der Waals surface area contributed by atoms with Gasteiger partial charge in [-0.15, -0.1) is 0 Å². The molecule has 4 rings (SSSR count). The van der Waals surface area contributed by atoms with Crippen LogP contribution in [0.1, 0.15) is 72.5 Å². The van der Waals surface area contributed by atoms with Crippen molar-refractivity contribution >= 4 is 17.7 Å². The van der Waals surface area contributed by atoms with Crippen LogP contribution in [0.5, 0.6) is 5.75 Å². The fourth-order valence-electron chi connectivity index (χ4n) is 5.68. The second kappa shape index (κ2) is 14.6. The summed E-state index contributed by atoms with van der Waals surface area (Å²) < 4.78 is 11.5. The molecular formula is C33H38N6O5. The fraction of sp³-hybridized carbons (Fsp3) is 0.424. The van der Waals surface area contributed by atoms with Crippen LogP contribution in [0.2, 0.25) is 0 Å². The number of methoxy groups -OCH3 is 1. The Kier molecular flexibility index (Phi) is 10.6. The van der Waals surface area contributed by atoms with Gasteiger partial charge < -0.3 is 9.47 Å². The first kappa shape index (κ1) is 32.1. The van der Waals surface area contributed by atoms with E-state index in [2.05, 4.69) is 21.9 Å². The molecule has 1 heterocycles. The lowest BCUT2D eigenvalue weighted by atomic mass is 9.90. The third-order valence-electron chi connectivity index (χ3n) is 8.00. The maximum absolute atomic E-state index is 13.7. The highest BCUT2D eigenvalue weighted by Crippen LogP contribution is 2.38. The number of hydrogen-bond acceptors (Lipinski definition) is 9. The molecule has 0 radical (unpaired) electrons. The van der Waals surface area contributed by atoms with Gasteiger partial charge in [0.05, 0.1) is 31.6 Å². The Morgan fingerprint density at radius 2 is 1.86 bits per heavy atom. The van der Waals surface area contributed by atoms with Gasteiger partial charge >= 0.3 is 6.09 Å². The van der Waals surface area contributed by atoms with Gasteiger partial charge in [0.2, 0.25) is 6.04 Å². The molecule has 11 heteroatoms. The van der Waals surface area contributed by atoms with E-state index in [4.69, 9.17) is 9.84 Å². The first-order valence-corrected chi connectivity index (χ1v) is 14.8. The third kappa shape index (κ3) is 7.75. The number of aryl methyl sites for hydroxylation is 2. The number of benzene rings is 2. The minimum absolute atomic E-state index is 0.0495. The van der Waals surface area contributed by atoms with Crippen LogP contribution in [0.25, 0.3) is 0 Å². The quantitative estimate of drug-likeness (QED) is 0.296. The Morgan fingerprint density at radius 3 is 2.45 bits per heavy atom. The number of nitriles is 1. The lowest BCUT2D eigenvalue weighted by molar-refractivity contribution is -0.120. The van der Waals surface area contributed by atoms with Crippen molar-refractivity contribution in [1.29, 1.82) is 5.26 Å². The molecular weight excluding hydrogens is 560 g/mol. The number of carbonyl (C=O) groups is 2. The Labute approximate surface area is 256 Å². The Hall–Kier alpha value is -4.85. The number of nitrogens with one attached hydrogen (secondary N) is 1. The predicted molar refractivity (Wildman–Crippen MR) is 164 cm³/mol.